The van der Waals surface area contributed by atoms with Crippen molar-refractivity contribution in [1.82, 2.24) is 10.3 Å². The Kier molecular flexibility index (Phi) is 6.02. The number of aryl methyl sites for hydroxylation is 1. The predicted octanol–water partition coefficient (Wildman–Crippen LogP) is 5.60. The lowest BCUT2D eigenvalue weighted by Crippen LogP contribution is -2.37. The van der Waals surface area contributed by atoms with E-state index in [1.807, 2.05) is 32.2 Å². The largest absolute Gasteiger partial charge is 0.506 e. The van der Waals surface area contributed by atoms with Crippen LogP contribution in [-0.2, 0) is 0 Å². The monoisotopic (exact) mass is 463 g/mol. The van der Waals surface area contributed by atoms with Crippen LogP contribution < -0.4 is 10.2 Å². The van der Waals surface area contributed by atoms with Gasteiger partial charge < -0.3 is 15.3 Å². The minimum Gasteiger partial charge on any atom is -0.506 e. The summed E-state index contributed by atoms with van der Waals surface area (Å²) in [6.45, 7) is 4.87. The first kappa shape index (κ1) is 22.2. The van der Waals surface area contributed by atoms with Crippen LogP contribution in [-0.4, -0.2) is 42.6 Å². The molecule has 0 amide bonds. The van der Waals surface area contributed by atoms with E-state index < -0.39 is 0 Å². The van der Waals surface area contributed by atoms with Crippen molar-refractivity contribution in [2.75, 3.05) is 31.6 Å². The van der Waals surface area contributed by atoms with Gasteiger partial charge >= 0.3 is 0 Å². The number of phenols is 1. The molecule has 6 heteroatoms. The number of aromatic nitrogens is 1. The summed E-state index contributed by atoms with van der Waals surface area (Å²) in [6, 6.07) is 9.70. The summed E-state index contributed by atoms with van der Waals surface area (Å²) in [6.07, 6.45) is 5.96. The molecule has 5 nitrogen and oxygen atoms in total. The molecule has 0 atom stereocenters. The molecule has 1 aromatic heterocycles. The maximum atomic E-state index is 13.3. The number of rotatable bonds is 6. The van der Waals surface area contributed by atoms with Crippen molar-refractivity contribution in [3.63, 3.8) is 0 Å². The SMILES string of the molecule is CNCC1CCN(c2c(C(=O)C3CC3)cnc3ccc(-c4cc(Cl)c(O)cc4C)cc23)CC1. The zero-order valence-corrected chi connectivity index (χ0v) is 20.0. The molecule has 2 fully saturated rings. The number of nitrogens with one attached hydrogen (secondary N) is 1. The van der Waals surface area contributed by atoms with Crippen molar-refractivity contribution in [3.8, 4) is 16.9 Å². The average Bonchev–Trinajstić information content (AvgIpc) is 3.66. The number of pyridine rings is 1. The lowest BCUT2D eigenvalue weighted by Gasteiger charge is -2.35. The Bertz CT molecular complexity index is 1210. The first-order valence-corrected chi connectivity index (χ1v) is 12.2. The van der Waals surface area contributed by atoms with E-state index >= 15 is 0 Å². The third kappa shape index (κ3) is 4.32. The van der Waals surface area contributed by atoms with Gasteiger partial charge in [0.15, 0.2) is 5.78 Å². The summed E-state index contributed by atoms with van der Waals surface area (Å²) in [5.74, 6) is 1.12. The molecule has 2 aliphatic rings. The fraction of sp³-hybridized carbons (Fsp3) is 0.407. The van der Waals surface area contributed by atoms with E-state index in [-0.39, 0.29) is 17.5 Å². The van der Waals surface area contributed by atoms with Crippen LogP contribution in [0.15, 0.2) is 36.5 Å². The van der Waals surface area contributed by atoms with Gasteiger partial charge in [0.05, 0.1) is 21.8 Å². The molecular weight excluding hydrogens is 434 g/mol. The summed E-state index contributed by atoms with van der Waals surface area (Å²) < 4.78 is 0. The average molecular weight is 464 g/mol. The lowest BCUT2D eigenvalue weighted by molar-refractivity contribution is 0.0968. The summed E-state index contributed by atoms with van der Waals surface area (Å²) in [5, 5.41) is 14.6. The van der Waals surface area contributed by atoms with Crippen LogP contribution in [0.1, 0.15) is 41.6 Å². The first-order valence-electron chi connectivity index (χ1n) is 11.8. The molecule has 2 aromatic carbocycles. The van der Waals surface area contributed by atoms with Crippen LogP contribution in [0, 0.1) is 18.8 Å². The zero-order chi connectivity index (χ0) is 23.1. The normalized spacial score (nSPS) is 17.0. The topological polar surface area (TPSA) is 65.5 Å². The zero-order valence-electron chi connectivity index (χ0n) is 19.2. The van der Waals surface area contributed by atoms with E-state index in [1.54, 1.807) is 12.3 Å². The van der Waals surface area contributed by atoms with E-state index in [2.05, 4.69) is 21.3 Å². The van der Waals surface area contributed by atoms with Gasteiger partial charge in [-0.2, -0.15) is 0 Å². The van der Waals surface area contributed by atoms with Crippen LogP contribution in [0.4, 0.5) is 5.69 Å². The number of carbonyl (C=O) groups is 1. The highest BCUT2D eigenvalue weighted by atomic mass is 35.5. The summed E-state index contributed by atoms with van der Waals surface area (Å²) >= 11 is 6.23. The van der Waals surface area contributed by atoms with Crippen molar-refractivity contribution >= 4 is 34.0 Å². The Balaban J connectivity index is 1.63. The molecule has 3 aromatic rings. The molecule has 0 radical (unpaired) electrons. The highest BCUT2D eigenvalue weighted by Crippen LogP contribution is 2.41. The Morgan fingerprint density at radius 1 is 1.18 bits per heavy atom. The third-order valence-corrected chi connectivity index (χ3v) is 7.38. The molecule has 33 heavy (non-hydrogen) atoms. The van der Waals surface area contributed by atoms with Crippen LogP contribution in [0.25, 0.3) is 22.0 Å². The van der Waals surface area contributed by atoms with Crippen LogP contribution >= 0.6 is 11.6 Å². The van der Waals surface area contributed by atoms with Crippen LogP contribution in [0.3, 0.4) is 0 Å². The highest BCUT2D eigenvalue weighted by molar-refractivity contribution is 6.32. The number of halogens is 1. The number of ketones is 1. The molecule has 1 aliphatic carbocycles. The number of nitrogens with zero attached hydrogens (tertiary/aromatic N) is 2. The van der Waals surface area contributed by atoms with E-state index in [4.69, 9.17) is 11.6 Å². The van der Waals surface area contributed by atoms with E-state index in [0.29, 0.717) is 10.9 Å². The standard InChI is InChI=1S/C27H30ClN3O2/c1-16-11-25(32)23(28)13-20(16)19-5-6-24-21(12-19)26(22(15-30-24)27(33)18-3-4-18)31-9-7-17(8-10-31)14-29-2/h5-6,11-13,15,17-18,29,32H,3-4,7-10,14H2,1-2H3. The molecule has 5 rings (SSSR count). The van der Waals surface area contributed by atoms with Gasteiger partial charge in [-0.05, 0) is 93.1 Å². The number of hydrogen-bond donors (Lipinski definition) is 2. The van der Waals surface area contributed by atoms with E-state index in [1.165, 1.54) is 0 Å². The first-order chi connectivity index (χ1) is 16.0. The van der Waals surface area contributed by atoms with Gasteiger partial charge in [-0.25, -0.2) is 0 Å². The second-order valence-corrected chi connectivity index (χ2v) is 9.90. The fourth-order valence-electron chi connectivity index (χ4n) is 5.06. The molecule has 2 N–H and O–H groups in total. The number of Topliss-reactive ketones (excluding diaryl/α,β-unsaturated/α-hetero) is 1. The molecule has 1 saturated carbocycles. The number of aromatic hydroxyl groups is 1. The lowest BCUT2D eigenvalue weighted by atomic mass is 9.93. The van der Waals surface area contributed by atoms with Gasteiger partial charge in [0, 0.05) is 30.6 Å². The van der Waals surface area contributed by atoms with Gasteiger partial charge in [-0.15, -0.1) is 0 Å². The second kappa shape index (κ2) is 8.96. The summed E-state index contributed by atoms with van der Waals surface area (Å²) in [5.41, 5.74) is 5.60. The quantitative estimate of drug-likeness (QED) is 0.466. The molecule has 2 heterocycles. The van der Waals surface area contributed by atoms with E-state index in [9.17, 15) is 9.90 Å². The smallest absolute Gasteiger partial charge is 0.169 e. The Labute approximate surface area is 199 Å². The number of fused-ring (bicyclic) bond motifs is 1. The van der Waals surface area contributed by atoms with E-state index in [0.717, 1.165) is 84.2 Å². The molecule has 0 unspecified atom stereocenters. The molecule has 0 spiro atoms. The van der Waals surface area contributed by atoms with Gasteiger partial charge in [0.2, 0.25) is 0 Å². The molecule has 1 aliphatic heterocycles. The van der Waals surface area contributed by atoms with Crippen molar-refractivity contribution in [3.05, 3.63) is 52.7 Å². The summed E-state index contributed by atoms with van der Waals surface area (Å²) in [4.78, 5) is 20.3. The van der Waals surface area contributed by atoms with Crippen LogP contribution in [0.5, 0.6) is 5.75 Å². The van der Waals surface area contributed by atoms with Gasteiger partial charge in [-0.1, -0.05) is 17.7 Å². The summed E-state index contributed by atoms with van der Waals surface area (Å²) in [7, 11) is 2.01. The van der Waals surface area contributed by atoms with Gasteiger partial charge in [0.25, 0.3) is 0 Å². The van der Waals surface area contributed by atoms with Crippen molar-refractivity contribution in [1.29, 1.82) is 0 Å². The number of anilines is 1. The Morgan fingerprint density at radius 2 is 1.94 bits per heavy atom. The maximum absolute atomic E-state index is 13.3. The number of piperidine rings is 1. The fourth-order valence-corrected chi connectivity index (χ4v) is 5.22. The number of carbonyl (C=O) groups excluding carboxylic acids is 1. The highest BCUT2D eigenvalue weighted by Gasteiger charge is 2.34. The molecular formula is C27H30ClN3O2. The van der Waals surface area contributed by atoms with Gasteiger partial charge in [-0.3, -0.25) is 9.78 Å². The van der Waals surface area contributed by atoms with Crippen molar-refractivity contribution in [2.24, 2.45) is 11.8 Å². The predicted molar refractivity (Wildman–Crippen MR) is 135 cm³/mol. The van der Waals surface area contributed by atoms with Crippen molar-refractivity contribution < 1.29 is 9.90 Å². The maximum Gasteiger partial charge on any atom is 0.169 e. The number of hydrogen-bond acceptors (Lipinski definition) is 5. The number of phenolic OH excluding ortho intramolecular Hbond substituents is 1. The minimum absolute atomic E-state index is 0.0859. The second-order valence-electron chi connectivity index (χ2n) is 9.50. The third-order valence-electron chi connectivity index (χ3n) is 7.08. The Hall–Kier alpha value is -2.63. The minimum atomic E-state index is 0.0859. The Morgan fingerprint density at radius 3 is 2.64 bits per heavy atom. The number of benzene rings is 2. The van der Waals surface area contributed by atoms with Crippen molar-refractivity contribution in [2.45, 2.75) is 32.6 Å². The van der Waals surface area contributed by atoms with Gasteiger partial charge in [0.1, 0.15) is 5.75 Å². The molecule has 172 valence electrons. The van der Waals surface area contributed by atoms with Crippen LogP contribution in [0.2, 0.25) is 5.02 Å². The molecule has 1 saturated heterocycles. The molecule has 0 bridgehead atoms.